The molecule has 0 saturated heterocycles. The van der Waals surface area contributed by atoms with Gasteiger partial charge in [0.15, 0.2) is 17.2 Å². The van der Waals surface area contributed by atoms with Gasteiger partial charge in [0.1, 0.15) is 11.5 Å². The van der Waals surface area contributed by atoms with Gasteiger partial charge in [-0.05, 0) is 61.6 Å². The Bertz CT molecular complexity index is 1330. The summed E-state index contributed by atoms with van der Waals surface area (Å²) in [4.78, 5) is 39.9. The maximum Gasteiger partial charge on any atom is 0.354 e. The minimum Gasteiger partial charge on any atom is -0.477 e. The molecule has 0 atom stereocenters. The van der Waals surface area contributed by atoms with Crippen LogP contribution in [-0.2, 0) is 16.1 Å². The molecule has 10 nitrogen and oxygen atoms in total. The Labute approximate surface area is 217 Å². The van der Waals surface area contributed by atoms with Crippen LogP contribution in [0.15, 0.2) is 36.5 Å². The summed E-state index contributed by atoms with van der Waals surface area (Å²) >= 11 is 0. The van der Waals surface area contributed by atoms with E-state index >= 15 is 0 Å². The van der Waals surface area contributed by atoms with Gasteiger partial charge < -0.3 is 20.9 Å². The van der Waals surface area contributed by atoms with Crippen LogP contribution in [0.4, 0.5) is 8.78 Å². The molecule has 2 heterocycles. The molecule has 2 bridgehead atoms. The van der Waals surface area contributed by atoms with E-state index in [1.807, 2.05) is 0 Å². The first-order chi connectivity index (χ1) is 18.1. The molecule has 38 heavy (non-hydrogen) atoms. The maximum absolute atomic E-state index is 13.9. The largest absolute Gasteiger partial charge is 0.477 e. The lowest BCUT2D eigenvalue weighted by molar-refractivity contribution is -0.162. The number of ether oxygens (including phenoxy) is 1. The second kappa shape index (κ2) is 10.8. The highest BCUT2D eigenvalue weighted by Crippen LogP contribution is 2.57. The van der Waals surface area contributed by atoms with E-state index in [4.69, 9.17) is 10.5 Å². The zero-order valence-corrected chi connectivity index (χ0v) is 20.9. The number of carboxylic acid groups (broad SMARTS) is 1. The number of aromatic nitrogens is 3. The summed E-state index contributed by atoms with van der Waals surface area (Å²) in [5, 5.41) is 15.8. The van der Waals surface area contributed by atoms with Crippen molar-refractivity contribution in [2.75, 3.05) is 13.7 Å². The molecule has 4 N–H and O–H groups in total. The van der Waals surface area contributed by atoms with Crippen LogP contribution in [0.3, 0.4) is 0 Å². The Balaban J connectivity index is 0.000000317. The van der Waals surface area contributed by atoms with Crippen molar-refractivity contribution in [3.63, 3.8) is 0 Å². The number of hydrogen-bond acceptors (Lipinski definition) is 7. The predicted molar refractivity (Wildman–Crippen MR) is 131 cm³/mol. The smallest absolute Gasteiger partial charge is 0.354 e. The Morgan fingerprint density at radius 3 is 2.29 bits per heavy atom. The lowest BCUT2D eigenvalue weighted by atomic mass is 9.53. The number of nitrogens with two attached hydrogens (primary N) is 1. The molecule has 2 aromatic heterocycles. The number of benzene rings is 1. The van der Waals surface area contributed by atoms with Gasteiger partial charge in [0.05, 0.1) is 18.7 Å². The van der Waals surface area contributed by atoms with Gasteiger partial charge in [-0.15, -0.1) is 0 Å². The molecule has 12 heteroatoms. The molecule has 0 unspecified atom stereocenters. The molecule has 3 saturated carbocycles. The maximum atomic E-state index is 13.9. The minimum absolute atomic E-state index is 0.0942. The van der Waals surface area contributed by atoms with Crippen LogP contribution in [0.2, 0.25) is 0 Å². The molecule has 3 aliphatic carbocycles. The van der Waals surface area contributed by atoms with E-state index in [1.165, 1.54) is 19.2 Å². The Morgan fingerprint density at radius 1 is 1.11 bits per heavy atom. The van der Waals surface area contributed by atoms with Crippen molar-refractivity contribution in [2.24, 2.45) is 16.6 Å². The third-order valence-corrected chi connectivity index (χ3v) is 7.67. The molecule has 202 valence electrons. The fraction of sp³-hybridized carbons (Fsp3) is 0.423. The van der Waals surface area contributed by atoms with Gasteiger partial charge in [-0.25, -0.2) is 23.1 Å². The Hall–Kier alpha value is -3.93. The Morgan fingerprint density at radius 2 is 1.74 bits per heavy atom. The lowest BCUT2D eigenvalue weighted by Gasteiger charge is -2.51. The average Bonchev–Trinajstić information content (AvgIpc) is 3.33. The molecular formula is C26H29F2N5O5. The lowest BCUT2D eigenvalue weighted by Crippen LogP contribution is -2.50. The van der Waals surface area contributed by atoms with Crippen LogP contribution in [0.1, 0.15) is 65.1 Å². The Kier molecular flexibility index (Phi) is 7.72. The molecule has 3 aromatic rings. The summed E-state index contributed by atoms with van der Waals surface area (Å²) in [6.07, 6.45) is 5.45. The van der Waals surface area contributed by atoms with Gasteiger partial charge in [0, 0.05) is 19.2 Å². The first-order valence-electron chi connectivity index (χ1n) is 12.2. The monoisotopic (exact) mass is 529 g/mol. The number of fused-ring (bicyclic) bond motifs is 4. The van der Waals surface area contributed by atoms with Crippen molar-refractivity contribution in [3.05, 3.63) is 65.1 Å². The zero-order valence-electron chi connectivity index (χ0n) is 20.9. The van der Waals surface area contributed by atoms with Crippen LogP contribution in [0, 0.1) is 22.5 Å². The topological polar surface area (TPSA) is 149 Å². The number of carboxylic acids is 1. The number of methoxy groups -OCH3 is 1. The summed E-state index contributed by atoms with van der Waals surface area (Å²) in [7, 11) is 1.41. The molecule has 6 rings (SSSR count). The van der Waals surface area contributed by atoms with Gasteiger partial charge in [-0.2, -0.15) is 5.10 Å². The highest BCUT2D eigenvalue weighted by Gasteiger charge is 2.53. The van der Waals surface area contributed by atoms with Gasteiger partial charge in [-0.3, -0.25) is 9.59 Å². The fourth-order valence-corrected chi connectivity index (χ4v) is 5.24. The molecule has 0 radical (unpaired) electrons. The van der Waals surface area contributed by atoms with Crippen molar-refractivity contribution < 1.29 is 33.0 Å². The summed E-state index contributed by atoms with van der Waals surface area (Å²) in [5.41, 5.74) is 4.88. The molecule has 1 amide bonds. The van der Waals surface area contributed by atoms with Gasteiger partial charge in [0.25, 0.3) is 5.91 Å². The van der Waals surface area contributed by atoms with E-state index < -0.39 is 28.8 Å². The minimum atomic E-state index is -1.36. The van der Waals surface area contributed by atoms with Crippen molar-refractivity contribution in [2.45, 2.75) is 45.1 Å². The van der Waals surface area contributed by atoms with E-state index in [0.29, 0.717) is 13.1 Å². The number of nitrogens with one attached hydrogen (secondary N) is 1. The molecular weight excluding hydrogens is 500 g/mol. The SMILES string of the molecule is COC(=O)C12CCC(CNC(=O)c3cc(C(=O)O)nc4c(F)cnn34)(CC1)CC2.NCc1ccc(F)cc1. The average molecular weight is 530 g/mol. The second-order valence-corrected chi connectivity index (χ2v) is 9.84. The van der Waals surface area contributed by atoms with Gasteiger partial charge >= 0.3 is 11.9 Å². The number of rotatable bonds is 6. The number of hydrogen-bond donors (Lipinski definition) is 3. The molecule has 3 fully saturated rings. The van der Waals surface area contributed by atoms with E-state index in [1.54, 1.807) is 12.1 Å². The van der Waals surface area contributed by atoms with Crippen LogP contribution in [0.5, 0.6) is 0 Å². The summed E-state index contributed by atoms with van der Waals surface area (Å²) in [6, 6.07) is 7.24. The van der Waals surface area contributed by atoms with Crippen molar-refractivity contribution in [1.29, 1.82) is 0 Å². The van der Waals surface area contributed by atoms with E-state index in [2.05, 4.69) is 15.4 Å². The highest BCUT2D eigenvalue weighted by atomic mass is 19.1. The predicted octanol–water partition coefficient (Wildman–Crippen LogP) is 3.09. The van der Waals surface area contributed by atoms with Crippen LogP contribution in [0.25, 0.3) is 5.65 Å². The van der Waals surface area contributed by atoms with Gasteiger partial charge in [-0.1, -0.05) is 12.1 Å². The normalized spacial score (nSPS) is 21.9. The van der Waals surface area contributed by atoms with Crippen LogP contribution < -0.4 is 11.1 Å². The van der Waals surface area contributed by atoms with Crippen molar-refractivity contribution in [3.8, 4) is 0 Å². The first kappa shape index (κ1) is 27.1. The van der Waals surface area contributed by atoms with E-state index in [0.717, 1.165) is 60.9 Å². The van der Waals surface area contributed by atoms with Crippen molar-refractivity contribution >= 4 is 23.5 Å². The number of nitrogens with zero attached hydrogens (tertiary/aromatic N) is 3. The summed E-state index contributed by atoms with van der Waals surface area (Å²) in [6.45, 7) is 0.860. The number of carbonyl (C=O) groups excluding carboxylic acids is 2. The van der Waals surface area contributed by atoms with Gasteiger partial charge in [0.2, 0.25) is 0 Å². The van der Waals surface area contributed by atoms with E-state index in [-0.39, 0.29) is 28.5 Å². The van der Waals surface area contributed by atoms with Crippen molar-refractivity contribution in [1.82, 2.24) is 19.9 Å². The third-order valence-electron chi connectivity index (χ3n) is 7.67. The second-order valence-electron chi connectivity index (χ2n) is 9.84. The summed E-state index contributed by atoms with van der Waals surface area (Å²) in [5.74, 6) is -3.09. The number of amides is 1. The zero-order chi connectivity index (χ0) is 27.5. The summed E-state index contributed by atoms with van der Waals surface area (Å²) < 4.78 is 32.0. The molecule has 3 aliphatic rings. The van der Waals surface area contributed by atoms with Crippen LogP contribution >= 0.6 is 0 Å². The molecule has 1 aromatic carbocycles. The molecule has 0 aliphatic heterocycles. The third kappa shape index (κ3) is 5.35. The number of carbonyl (C=O) groups is 3. The van der Waals surface area contributed by atoms with E-state index in [9.17, 15) is 28.3 Å². The number of halogens is 2. The standard InChI is InChI=1S/C19H21FN4O5.C7H8FN/c1-29-17(28)19-5-2-18(3-6-19,4-7-19)10-21-15(25)13-8-12(16(26)27)23-14-11(20)9-22-24(13)14;8-7-3-1-6(5-9)2-4-7/h8-9H,2-7,10H2,1H3,(H,21,25)(H,26,27);1-4H,5,9H2. The van der Waals surface area contributed by atoms with Crippen LogP contribution in [-0.4, -0.2) is 51.2 Å². The highest BCUT2D eigenvalue weighted by molar-refractivity contribution is 5.96. The molecule has 0 spiro atoms. The fourth-order valence-electron chi connectivity index (χ4n) is 5.24. The quantitative estimate of drug-likeness (QED) is 0.413. The number of esters is 1. The number of aromatic carboxylic acids is 1. The first-order valence-corrected chi connectivity index (χ1v) is 12.2.